The number of ether oxygens (including phenoxy) is 1. The van der Waals surface area contributed by atoms with Crippen molar-refractivity contribution in [3.63, 3.8) is 0 Å². The maximum atomic E-state index is 11.9. The molecule has 0 amide bonds. The van der Waals surface area contributed by atoms with E-state index in [1.54, 1.807) is 12.3 Å². The van der Waals surface area contributed by atoms with Crippen LogP contribution < -0.4 is 5.56 Å². The summed E-state index contributed by atoms with van der Waals surface area (Å²) in [5.41, 5.74) is 3.57. The molecule has 1 aromatic heterocycles. The van der Waals surface area contributed by atoms with E-state index < -0.39 is 11.5 Å². The average Bonchev–Trinajstić information content (AvgIpc) is 2.63. The second-order valence-electron chi connectivity index (χ2n) is 5.44. The van der Waals surface area contributed by atoms with E-state index in [0.29, 0.717) is 12.0 Å². The molecule has 3 rings (SSSR count). The van der Waals surface area contributed by atoms with Crippen molar-refractivity contribution in [2.45, 2.75) is 6.42 Å². The number of aromatic amines is 1. The number of esters is 1. The minimum atomic E-state index is -0.618. The molecule has 0 aliphatic carbocycles. The Morgan fingerprint density at radius 1 is 0.958 bits per heavy atom. The monoisotopic (exact) mass is 319 g/mol. The highest BCUT2D eigenvalue weighted by atomic mass is 16.5. The van der Waals surface area contributed by atoms with E-state index in [1.807, 2.05) is 42.5 Å². The Labute approximate surface area is 139 Å². The van der Waals surface area contributed by atoms with Gasteiger partial charge in [-0.05, 0) is 34.7 Å². The molecule has 0 spiro atoms. The van der Waals surface area contributed by atoms with E-state index in [2.05, 4.69) is 17.1 Å². The minimum absolute atomic E-state index is 0.0622. The number of hydrogen-bond donors (Lipinski definition) is 1. The van der Waals surface area contributed by atoms with Gasteiger partial charge in [0.1, 0.15) is 5.56 Å². The van der Waals surface area contributed by atoms with Crippen molar-refractivity contribution in [3.8, 4) is 11.1 Å². The predicted molar refractivity (Wildman–Crippen MR) is 93.1 cm³/mol. The van der Waals surface area contributed by atoms with Crippen LogP contribution in [0, 0.1) is 0 Å². The molecule has 4 heteroatoms. The first-order valence-corrected chi connectivity index (χ1v) is 7.62. The van der Waals surface area contributed by atoms with E-state index in [9.17, 15) is 9.59 Å². The fourth-order valence-corrected chi connectivity index (χ4v) is 2.66. The molecular weight excluding hydrogens is 302 g/mol. The summed E-state index contributed by atoms with van der Waals surface area (Å²) in [5.74, 6) is -0.618. The van der Waals surface area contributed by atoms with Gasteiger partial charge < -0.3 is 9.72 Å². The van der Waals surface area contributed by atoms with Crippen molar-refractivity contribution in [1.82, 2.24) is 4.98 Å². The molecule has 0 unspecified atom stereocenters. The number of carbonyl (C=O) groups is 1. The van der Waals surface area contributed by atoms with E-state index in [1.165, 1.54) is 7.11 Å². The molecule has 0 radical (unpaired) electrons. The highest BCUT2D eigenvalue weighted by Gasteiger charge is 2.16. The first-order valence-electron chi connectivity index (χ1n) is 7.62. The second kappa shape index (κ2) is 6.96. The van der Waals surface area contributed by atoms with E-state index in [4.69, 9.17) is 4.74 Å². The van der Waals surface area contributed by atoms with Crippen molar-refractivity contribution in [2.24, 2.45) is 0 Å². The van der Waals surface area contributed by atoms with Gasteiger partial charge in [0.15, 0.2) is 0 Å². The fourth-order valence-electron chi connectivity index (χ4n) is 2.66. The van der Waals surface area contributed by atoms with Gasteiger partial charge in [-0.1, -0.05) is 54.6 Å². The standard InChI is InChI=1S/C20H17NO3/c1-24-20(23)18-17(11-12-21-19(18)22)13-14-7-9-16(10-8-14)15-5-3-2-4-6-15/h2-12H,13H2,1H3,(H,21,22). The highest BCUT2D eigenvalue weighted by molar-refractivity contribution is 5.90. The molecule has 3 aromatic rings. The van der Waals surface area contributed by atoms with Gasteiger partial charge in [-0.2, -0.15) is 0 Å². The normalized spacial score (nSPS) is 10.4. The van der Waals surface area contributed by atoms with Crippen LogP contribution in [0.2, 0.25) is 0 Å². The highest BCUT2D eigenvalue weighted by Crippen LogP contribution is 2.20. The summed E-state index contributed by atoms with van der Waals surface area (Å²) in [7, 11) is 1.27. The maximum Gasteiger partial charge on any atom is 0.343 e. The molecule has 0 aliphatic heterocycles. The number of hydrogen-bond acceptors (Lipinski definition) is 3. The van der Waals surface area contributed by atoms with Gasteiger partial charge in [-0.15, -0.1) is 0 Å². The van der Waals surface area contributed by atoms with Crippen LogP contribution in [0.3, 0.4) is 0 Å². The summed E-state index contributed by atoms with van der Waals surface area (Å²) in [6, 6.07) is 19.9. The summed E-state index contributed by atoms with van der Waals surface area (Å²) < 4.78 is 4.71. The molecule has 120 valence electrons. The zero-order valence-corrected chi connectivity index (χ0v) is 13.3. The van der Waals surface area contributed by atoms with Crippen LogP contribution in [0.15, 0.2) is 71.7 Å². The lowest BCUT2D eigenvalue weighted by Crippen LogP contribution is -2.21. The number of methoxy groups -OCH3 is 1. The Hall–Kier alpha value is -3.14. The van der Waals surface area contributed by atoms with Gasteiger partial charge in [0.25, 0.3) is 5.56 Å². The van der Waals surface area contributed by atoms with Crippen molar-refractivity contribution in [2.75, 3.05) is 7.11 Å². The number of benzene rings is 2. The number of aromatic nitrogens is 1. The summed E-state index contributed by atoms with van der Waals surface area (Å²) in [6.07, 6.45) is 2.03. The summed E-state index contributed by atoms with van der Waals surface area (Å²) in [5, 5.41) is 0. The quantitative estimate of drug-likeness (QED) is 0.750. The number of H-pyrrole nitrogens is 1. The van der Waals surface area contributed by atoms with Gasteiger partial charge in [0, 0.05) is 6.20 Å². The lowest BCUT2D eigenvalue weighted by Gasteiger charge is -2.08. The summed E-state index contributed by atoms with van der Waals surface area (Å²) in [6.45, 7) is 0. The SMILES string of the molecule is COC(=O)c1c(Cc2ccc(-c3ccccc3)cc2)cc[nH]c1=O. The molecular formula is C20H17NO3. The van der Waals surface area contributed by atoms with Crippen molar-refractivity contribution in [3.05, 3.63) is 93.9 Å². The van der Waals surface area contributed by atoms with Gasteiger partial charge in [-0.3, -0.25) is 4.79 Å². The minimum Gasteiger partial charge on any atom is -0.465 e. The Morgan fingerprint density at radius 2 is 1.62 bits per heavy atom. The largest absolute Gasteiger partial charge is 0.465 e. The number of nitrogens with one attached hydrogen (secondary N) is 1. The maximum absolute atomic E-state index is 11.9. The predicted octanol–water partition coefficient (Wildman–Crippen LogP) is 3.42. The molecule has 4 nitrogen and oxygen atoms in total. The Kier molecular flexibility index (Phi) is 4.57. The van der Waals surface area contributed by atoms with Crippen LogP contribution in [0.25, 0.3) is 11.1 Å². The molecule has 0 saturated carbocycles. The van der Waals surface area contributed by atoms with Gasteiger partial charge in [-0.25, -0.2) is 4.79 Å². The smallest absolute Gasteiger partial charge is 0.343 e. The molecule has 0 atom stereocenters. The first kappa shape index (κ1) is 15.7. The fraction of sp³-hybridized carbons (Fsp3) is 0.100. The number of carbonyl (C=O) groups excluding carboxylic acids is 1. The van der Waals surface area contributed by atoms with Gasteiger partial charge in [0.05, 0.1) is 7.11 Å². The van der Waals surface area contributed by atoms with Crippen LogP contribution in [0.1, 0.15) is 21.5 Å². The molecule has 24 heavy (non-hydrogen) atoms. The molecule has 1 N–H and O–H groups in total. The van der Waals surface area contributed by atoms with Crippen LogP contribution >= 0.6 is 0 Å². The van der Waals surface area contributed by atoms with Crippen LogP contribution in [-0.4, -0.2) is 18.1 Å². The lowest BCUT2D eigenvalue weighted by molar-refractivity contribution is 0.0597. The van der Waals surface area contributed by atoms with Crippen LogP contribution in [-0.2, 0) is 11.2 Å². The lowest BCUT2D eigenvalue weighted by atomic mass is 9.98. The first-order chi connectivity index (χ1) is 11.7. The van der Waals surface area contributed by atoms with Crippen molar-refractivity contribution < 1.29 is 9.53 Å². The Bertz CT molecular complexity index is 896. The molecule has 0 fully saturated rings. The second-order valence-corrected chi connectivity index (χ2v) is 5.44. The molecule has 2 aromatic carbocycles. The number of pyridine rings is 1. The Morgan fingerprint density at radius 3 is 2.29 bits per heavy atom. The van der Waals surface area contributed by atoms with Crippen LogP contribution in [0.5, 0.6) is 0 Å². The van der Waals surface area contributed by atoms with E-state index in [-0.39, 0.29) is 5.56 Å². The third-order valence-electron chi connectivity index (χ3n) is 3.89. The van der Waals surface area contributed by atoms with Gasteiger partial charge >= 0.3 is 5.97 Å². The van der Waals surface area contributed by atoms with E-state index in [0.717, 1.165) is 16.7 Å². The van der Waals surface area contributed by atoms with Gasteiger partial charge in [0.2, 0.25) is 0 Å². The molecule has 1 heterocycles. The third kappa shape index (κ3) is 3.27. The van der Waals surface area contributed by atoms with Crippen LogP contribution in [0.4, 0.5) is 0 Å². The van der Waals surface area contributed by atoms with Crippen molar-refractivity contribution in [1.29, 1.82) is 0 Å². The number of rotatable bonds is 4. The molecule has 0 bridgehead atoms. The summed E-state index contributed by atoms with van der Waals surface area (Å²) in [4.78, 5) is 26.3. The topological polar surface area (TPSA) is 59.2 Å². The third-order valence-corrected chi connectivity index (χ3v) is 3.89. The zero-order valence-electron chi connectivity index (χ0n) is 13.3. The summed E-state index contributed by atoms with van der Waals surface area (Å²) >= 11 is 0. The van der Waals surface area contributed by atoms with Crippen molar-refractivity contribution >= 4 is 5.97 Å². The van der Waals surface area contributed by atoms with E-state index >= 15 is 0 Å². The average molecular weight is 319 g/mol. The Balaban J connectivity index is 1.89. The molecule has 0 aliphatic rings. The molecule has 0 saturated heterocycles. The zero-order chi connectivity index (χ0) is 16.9.